The van der Waals surface area contributed by atoms with E-state index in [2.05, 4.69) is 4.98 Å². The summed E-state index contributed by atoms with van der Waals surface area (Å²) >= 11 is 0. The van der Waals surface area contributed by atoms with Crippen LogP contribution in [0.5, 0.6) is 0 Å². The Morgan fingerprint density at radius 1 is 1.13 bits per heavy atom. The van der Waals surface area contributed by atoms with Crippen molar-refractivity contribution in [3.05, 3.63) is 24.0 Å². The van der Waals surface area contributed by atoms with Crippen molar-refractivity contribution in [2.75, 3.05) is 0 Å². The van der Waals surface area contributed by atoms with Crippen LogP contribution in [-0.4, -0.2) is 12.0 Å². The second-order valence-corrected chi connectivity index (χ2v) is 2.55. The maximum Gasteiger partial charge on any atom is 1.00 e. The fourth-order valence-corrected chi connectivity index (χ4v) is 0.806. The van der Waals surface area contributed by atoms with Crippen LogP contribution in [0.3, 0.4) is 0 Å². The van der Waals surface area contributed by atoms with Gasteiger partial charge in [0.25, 0.3) is 0 Å². The van der Waals surface area contributed by atoms with Crippen molar-refractivity contribution in [2.24, 2.45) is 0 Å². The number of aromatic nitrogens is 1. The van der Waals surface area contributed by atoms with Gasteiger partial charge in [-0.15, -0.1) is 5.46 Å². The summed E-state index contributed by atoms with van der Waals surface area (Å²) in [5, 5.41) is 0. The minimum absolute atomic E-state index is 0. The molecule has 0 atom stereocenters. The van der Waals surface area contributed by atoms with Crippen molar-refractivity contribution in [1.29, 1.82) is 0 Å². The van der Waals surface area contributed by atoms with Crippen LogP contribution >= 0.6 is 0 Å². The second kappa shape index (κ2) is 5.17. The number of nitrogens with zero attached hydrogens (tertiary/aromatic N) is 1. The Balaban J connectivity index is 0.00000196. The summed E-state index contributed by atoms with van der Waals surface area (Å²) in [7, 11) is 0. The van der Waals surface area contributed by atoms with Crippen molar-refractivity contribution in [3.63, 3.8) is 0 Å². The Morgan fingerprint density at radius 2 is 1.67 bits per heavy atom. The van der Waals surface area contributed by atoms with Gasteiger partial charge in [-0.3, -0.25) is 4.98 Å². The van der Waals surface area contributed by atoms with Crippen LogP contribution in [0.2, 0.25) is 0 Å². The van der Waals surface area contributed by atoms with Gasteiger partial charge in [0.05, 0.1) is 0 Å². The third-order valence-corrected chi connectivity index (χ3v) is 1.45. The van der Waals surface area contributed by atoms with E-state index in [4.69, 9.17) is 0 Å². The third-order valence-electron chi connectivity index (χ3n) is 1.45. The van der Waals surface area contributed by atoms with Crippen LogP contribution in [0.4, 0.5) is 26.1 Å². The molecular formula is C6H3BF6KN. The smallest absolute Gasteiger partial charge is 0.445 e. The van der Waals surface area contributed by atoms with Crippen molar-refractivity contribution >= 4 is 12.4 Å². The summed E-state index contributed by atoms with van der Waals surface area (Å²) in [4.78, 5) is 2.81. The summed E-state index contributed by atoms with van der Waals surface area (Å²) < 4.78 is 71.9. The van der Waals surface area contributed by atoms with E-state index < -0.39 is 24.3 Å². The normalized spacial score (nSPS) is 12.1. The van der Waals surface area contributed by atoms with E-state index in [0.29, 0.717) is 12.3 Å². The zero-order valence-electron chi connectivity index (χ0n) is 7.52. The Kier molecular flexibility index (Phi) is 5.32. The molecule has 1 aromatic heterocycles. The maximum absolute atomic E-state index is 12.0. The molecule has 1 aromatic rings. The number of halogens is 6. The molecule has 0 aliphatic rings. The number of hydrogen-bond donors (Lipinski definition) is 0. The van der Waals surface area contributed by atoms with Gasteiger partial charge in [-0.25, -0.2) is 0 Å². The van der Waals surface area contributed by atoms with Crippen LogP contribution in [-0.2, 0) is 6.18 Å². The van der Waals surface area contributed by atoms with E-state index in [-0.39, 0.29) is 57.5 Å². The summed E-state index contributed by atoms with van der Waals surface area (Å²) in [6.45, 7) is -5.42. The molecule has 0 fully saturated rings. The van der Waals surface area contributed by atoms with Crippen molar-refractivity contribution < 1.29 is 77.5 Å². The fourth-order valence-electron chi connectivity index (χ4n) is 0.806. The summed E-state index contributed by atoms with van der Waals surface area (Å²) in [5.41, 5.74) is -2.83. The van der Waals surface area contributed by atoms with E-state index in [1.807, 2.05) is 0 Å². The number of rotatable bonds is 1. The molecule has 0 aromatic carbocycles. The summed E-state index contributed by atoms with van der Waals surface area (Å²) in [6.07, 6.45) is -4.36. The molecule has 78 valence electrons. The summed E-state index contributed by atoms with van der Waals surface area (Å²) in [6, 6.07) is 0.509. The van der Waals surface area contributed by atoms with Gasteiger partial charge in [-0.05, 0) is 0 Å². The molecule has 1 rings (SSSR count). The minimum Gasteiger partial charge on any atom is -0.445 e. The largest absolute Gasteiger partial charge is 1.00 e. The molecule has 9 heteroatoms. The molecule has 0 aliphatic carbocycles. The van der Waals surface area contributed by atoms with Crippen LogP contribution in [0.1, 0.15) is 5.69 Å². The molecule has 1 heterocycles. The monoisotopic (exact) mass is 253 g/mol. The zero-order chi connectivity index (χ0) is 11.0. The Morgan fingerprint density at radius 3 is 2.07 bits per heavy atom. The van der Waals surface area contributed by atoms with Crippen molar-refractivity contribution in [3.8, 4) is 0 Å². The number of alkyl halides is 3. The SMILES string of the molecule is F[B-](F)(F)c1ccnc(C(F)(F)F)c1.[K+]. The Hall–Kier alpha value is 0.431. The van der Waals surface area contributed by atoms with Crippen LogP contribution in [0, 0.1) is 0 Å². The average Bonchev–Trinajstić information content (AvgIpc) is 2.01. The minimum atomic E-state index is -5.42. The fraction of sp³-hybridized carbons (Fsp3) is 0.167. The topological polar surface area (TPSA) is 12.9 Å². The molecule has 0 amide bonds. The molecule has 15 heavy (non-hydrogen) atoms. The van der Waals surface area contributed by atoms with Gasteiger partial charge in [-0.1, -0.05) is 12.1 Å². The molecule has 0 radical (unpaired) electrons. The van der Waals surface area contributed by atoms with Crippen molar-refractivity contribution in [1.82, 2.24) is 4.98 Å². The average molecular weight is 253 g/mol. The molecule has 0 saturated heterocycles. The molecule has 0 N–H and O–H groups in total. The van der Waals surface area contributed by atoms with Crippen molar-refractivity contribution in [2.45, 2.75) is 6.18 Å². The molecular weight excluding hydrogens is 250 g/mol. The van der Waals surface area contributed by atoms with Gasteiger partial charge in [-0.2, -0.15) is 13.2 Å². The van der Waals surface area contributed by atoms with Gasteiger partial charge >= 0.3 is 64.5 Å². The molecule has 0 spiro atoms. The zero-order valence-corrected chi connectivity index (χ0v) is 10.6. The molecule has 0 aliphatic heterocycles. The Labute approximate surface area is 124 Å². The first-order valence-electron chi connectivity index (χ1n) is 3.44. The van der Waals surface area contributed by atoms with E-state index in [1.54, 1.807) is 0 Å². The van der Waals surface area contributed by atoms with E-state index >= 15 is 0 Å². The van der Waals surface area contributed by atoms with Gasteiger partial charge in [0.15, 0.2) is 0 Å². The number of pyridine rings is 1. The van der Waals surface area contributed by atoms with E-state index in [9.17, 15) is 26.1 Å². The van der Waals surface area contributed by atoms with Gasteiger partial charge < -0.3 is 12.9 Å². The van der Waals surface area contributed by atoms with Gasteiger partial charge in [0.1, 0.15) is 5.69 Å². The van der Waals surface area contributed by atoms with E-state index in [1.165, 1.54) is 0 Å². The number of hydrogen-bond acceptors (Lipinski definition) is 1. The first kappa shape index (κ1) is 15.4. The third kappa shape index (κ3) is 4.43. The second-order valence-electron chi connectivity index (χ2n) is 2.55. The summed E-state index contributed by atoms with van der Waals surface area (Å²) in [5.74, 6) is 0. The molecule has 0 bridgehead atoms. The first-order chi connectivity index (χ1) is 6.21. The van der Waals surface area contributed by atoms with Gasteiger partial charge in [0.2, 0.25) is 0 Å². The predicted octanol–water partition coefficient (Wildman–Crippen LogP) is -0.841. The predicted molar refractivity (Wildman–Crippen MR) is 38.0 cm³/mol. The Bertz CT molecular complexity index is 306. The van der Waals surface area contributed by atoms with Crippen LogP contribution in [0.15, 0.2) is 18.3 Å². The standard InChI is InChI=1S/C6H3BF6N.K/c8-6(9,10)5-3-4(1-2-14-5)7(11,12)13;/h1-3H;/q-1;+1. The van der Waals surface area contributed by atoms with E-state index in [0.717, 1.165) is 0 Å². The van der Waals surface area contributed by atoms with Crippen LogP contribution < -0.4 is 56.8 Å². The molecule has 0 unspecified atom stereocenters. The van der Waals surface area contributed by atoms with Crippen LogP contribution in [0.25, 0.3) is 0 Å². The quantitative estimate of drug-likeness (QED) is 0.469. The molecule has 1 nitrogen and oxygen atoms in total. The first-order valence-corrected chi connectivity index (χ1v) is 3.44. The molecule has 0 saturated carbocycles. The maximum atomic E-state index is 12.0. The van der Waals surface area contributed by atoms with Gasteiger partial charge in [0, 0.05) is 6.20 Å².